The number of nitrogens with zero attached hydrogens (tertiary/aromatic N) is 4. The molecule has 31 heavy (non-hydrogen) atoms. The standard InChI is InChI=1S/C25H30N4O2/c1-16-13-23(17(2)29(16)22-8-7-19-5-4-6-21(19)14-22)24(30)15-28-11-9-20(10-12-28)25-26-18(3)27-31-25/h7-8,13-14,20H,4-6,9-12,15H2,1-3H3. The maximum atomic E-state index is 13.2. The van der Waals surface area contributed by atoms with Crippen molar-refractivity contribution in [3.05, 3.63) is 64.1 Å². The number of rotatable bonds is 5. The van der Waals surface area contributed by atoms with Gasteiger partial charge in [-0.3, -0.25) is 9.69 Å². The quantitative estimate of drug-likeness (QED) is 0.577. The Labute approximate surface area is 183 Å². The van der Waals surface area contributed by atoms with Crippen LogP contribution in [0.25, 0.3) is 5.69 Å². The zero-order valence-corrected chi connectivity index (χ0v) is 18.6. The summed E-state index contributed by atoms with van der Waals surface area (Å²) in [7, 11) is 0. The van der Waals surface area contributed by atoms with Gasteiger partial charge in [0.2, 0.25) is 5.89 Å². The molecule has 0 radical (unpaired) electrons. The van der Waals surface area contributed by atoms with Crippen LogP contribution < -0.4 is 0 Å². The lowest BCUT2D eigenvalue weighted by molar-refractivity contribution is 0.0904. The minimum absolute atomic E-state index is 0.201. The topological polar surface area (TPSA) is 64.2 Å². The molecule has 162 valence electrons. The van der Waals surface area contributed by atoms with Crippen LogP contribution in [0.1, 0.15) is 69.8 Å². The van der Waals surface area contributed by atoms with E-state index in [0.717, 1.165) is 55.2 Å². The van der Waals surface area contributed by atoms with Gasteiger partial charge in [-0.25, -0.2) is 0 Å². The van der Waals surface area contributed by atoms with Gasteiger partial charge in [-0.1, -0.05) is 11.2 Å². The lowest BCUT2D eigenvalue weighted by Crippen LogP contribution is -2.37. The van der Waals surface area contributed by atoms with E-state index in [9.17, 15) is 4.79 Å². The number of carbonyl (C=O) groups is 1. The molecular formula is C25H30N4O2. The van der Waals surface area contributed by atoms with Gasteiger partial charge >= 0.3 is 0 Å². The second kappa shape index (κ2) is 8.08. The monoisotopic (exact) mass is 418 g/mol. The molecule has 0 atom stereocenters. The van der Waals surface area contributed by atoms with Gasteiger partial charge in [-0.2, -0.15) is 4.98 Å². The predicted octanol–water partition coefficient (Wildman–Crippen LogP) is 4.34. The number of aromatic nitrogens is 3. The Morgan fingerprint density at radius 3 is 2.61 bits per heavy atom. The molecule has 1 fully saturated rings. The third kappa shape index (κ3) is 3.85. The van der Waals surface area contributed by atoms with Crippen molar-refractivity contribution in [1.82, 2.24) is 19.6 Å². The number of Topliss-reactive ketones (excluding diaryl/α,β-unsaturated/α-hetero) is 1. The Hall–Kier alpha value is -2.73. The summed E-state index contributed by atoms with van der Waals surface area (Å²) in [5, 5.41) is 3.91. The van der Waals surface area contributed by atoms with E-state index < -0.39 is 0 Å². The summed E-state index contributed by atoms with van der Waals surface area (Å²) in [6, 6.07) is 8.81. The van der Waals surface area contributed by atoms with E-state index >= 15 is 0 Å². The van der Waals surface area contributed by atoms with Crippen LogP contribution in [0, 0.1) is 20.8 Å². The predicted molar refractivity (Wildman–Crippen MR) is 119 cm³/mol. The molecule has 6 heteroatoms. The van der Waals surface area contributed by atoms with Gasteiger partial charge in [0.1, 0.15) is 0 Å². The SMILES string of the molecule is Cc1noc(C2CCN(CC(=O)c3cc(C)n(-c4ccc5c(c4)CCC5)c3C)CC2)n1. The number of likely N-dealkylation sites (tertiary alicyclic amines) is 1. The first-order valence-corrected chi connectivity index (χ1v) is 11.4. The summed E-state index contributed by atoms with van der Waals surface area (Å²) in [5.41, 5.74) is 7.10. The highest BCUT2D eigenvalue weighted by Crippen LogP contribution is 2.29. The molecule has 2 aromatic heterocycles. The molecular weight excluding hydrogens is 388 g/mol. The van der Waals surface area contributed by atoms with Gasteiger partial charge in [0, 0.05) is 28.6 Å². The van der Waals surface area contributed by atoms with Crippen molar-refractivity contribution in [1.29, 1.82) is 0 Å². The smallest absolute Gasteiger partial charge is 0.229 e. The van der Waals surface area contributed by atoms with E-state index in [0.29, 0.717) is 18.3 Å². The lowest BCUT2D eigenvalue weighted by Gasteiger charge is -2.29. The molecule has 5 rings (SSSR count). The van der Waals surface area contributed by atoms with E-state index in [1.165, 1.54) is 29.7 Å². The largest absolute Gasteiger partial charge is 0.339 e. The van der Waals surface area contributed by atoms with Crippen LogP contribution in [-0.2, 0) is 12.8 Å². The Morgan fingerprint density at radius 2 is 1.87 bits per heavy atom. The highest BCUT2D eigenvalue weighted by atomic mass is 16.5. The molecule has 0 N–H and O–H groups in total. The molecule has 0 bridgehead atoms. The minimum Gasteiger partial charge on any atom is -0.339 e. The number of hydrogen-bond donors (Lipinski definition) is 0. The maximum Gasteiger partial charge on any atom is 0.229 e. The molecule has 0 spiro atoms. The summed E-state index contributed by atoms with van der Waals surface area (Å²) in [6.07, 6.45) is 5.49. The summed E-state index contributed by atoms with van der Waals surface area (Å²) < 4.78 is 7.57. The first-order chi connectivity index (χ1) is 15.0. The zero-order chi connectivity index (χ0) is 21.5. The normalized spacial score (nSPS) is 17.3. The Bertz CT molecular complexity index is 1120. The van der Waals surface area contributed by atoms with Gasteiger partial charge in [0.25, 0.3) is 0 Å². The van der Waals surface area contributed by atoms with Crippen LogP contribution in [0.3, 0.4) is 0 Å². The fraction of sp³-hybridized carbons (Fsp3) is 0.480. The van der Waals surface area contributed by atoms with Gasteiger partial charge in [0.15, 0.2) is 11.6 Å². The summed E-state index contributed by atoms with van der Waals surface area (Å²) >= 11 is 0. The molecule has 0 saturated carbocycles. The van der Waals surface area contributed by atoms with Crippen LogP contribution in [0.4, 0.5) is 0 Å². The third-order valence-corrected chi connectivity index (χ3v) is 6.92. The fourth-order valence-electron chi connectivity index (χ4n) is 5.24. The van der Waals surface area contributed by atoms with Gasteiger partial charge in [-0.05, 0) is 95.3 Å². The lowest BCUT2D eigenvalue weighted by atomic mass is 9.96. The second-order valence-corrected chi connectivity index (χ2v) is 9.08. The molecule has 2 aliphatic rings. The van der Waals surface area contributed by atoms with Crippen molar-refractivity contribution in [3.63, 3.8) is 0 Å². The van der Waals surface area contributed by atoms with Crippen molar-refractivity contribution < 1.29 is 9.32 Å². The highest BCUT2D eigenvalue weighted by Gasteiger charge is 2.27. The van der Waals surface area contributed by atoms with E-state index in [1.54, 1.807) is 0 Å². The van der Waals surface area contributed by atoms with Crippen LogP contribution >= 0.6 is 0 Å². The van der Waals surface area contributed by atoms with Gasteiger partial charge in [0.05, 0.1) is 6.54 Å². The van der Waals surface area contributed by atoms with Gasteiger partial charge < -0.3 is 9.09 Å². The Morgan fingerprint density at radius 1 is 1.10 bits per heavy atom. The van der Waals surface area contributed by atoms with Crippen LogP contribution in [0.15, 0.2) is 28.8 Å². The highest BCUT2D eigenvalue weighted by molar-refractivity contribution is 5.99. The number of piperidine rings is 1. The number of carbonyl (C=O) groups excluding carboxylic acids is 1. The van der Waals surface area contributed by atoms with E-state index in [-0.39, 0.29) is 5.78 Å². The molecule has 1 saturated heterocycles. The minimum atomic E-state index is 0.201. The molecule has 3 aromatic rings. The van der Waals surface area contributed by atoms with Gasteiger partial charge in [-0.15, -0.1) is 0 Å². The third-order valence-electron chi connectivity index (χ3n) is 6.92. The Balaban J connectivity index is 1.28. The Kier molecular flexibility index (Phi) is 5.26. The average Bonchev–Trinajstić information content (AvgIpc) is 3.47. The molecule has 1 aliphatic heterocycles. The van der Waals surface area contributed by atoms with Crippen molar-refractivity contribution >= 4 is 5.78 Å². The summed E-state index contributed by atoms with van der Waals surface area (Å²) in [6.45, 7) is 8.22. The first kappa shape index (κ1) is 20.2. The molecule has 1 aliphatic carbocycles. The molecule has 0 unspecified atom stereocenters. The zero-order valence-electron chi connectivity index (χ0n) is 18.6. The van der Waals surface area contributed by atoms with E-state index in [4.69, 9.17) is 4.52 Å². The van der Waals surface area contributed by atoms with Crippen LogP contribution in [0.2, 0.25) is 0 Å². The summed E-state index contributed by atoms with van der Waals surface area (Å²) in [5.74, 6) is 1.93. The molecule has 6 nitrogen and oxygen atoms in total. The van der Waals surface area contributed by atoms with Crippen LogP contribution in [-0.4, -0.2) is 45.0 Å². The van der Waals surface area contributed by atoms with Crippen LogP contribution in [0.5, 0.6) is 0 Å². The number of hydrogen-bond acceptors (Lipinski definition) is 5. The number of benzene rings is 1. The molecule has 3 heterocycles. The van der Waals surface area contributed by atoms with E-state index in [1.807, 2.05) is 6.92 Å². The fourth-order valence-corrected chi connectivity index (χ4v) is 5.24. The van der Waals surface area contributed by atoms with Crippen molar-refractivity contribution in [3.8, 4) is 5.69 Å². The van der Waals surface area contributed by atoms with Crippen molar-refractivity contribution in [2.24, 2.45) is 0 Å². The van der Waals surface area contributed by atoms with E-state index in [2.05, 4.69) is 57.7 Å². The number of fused-ring (bicyclic) bond motifs is 1. The van der Waals surface area contributed by atoms with Crippen molar-refractivity contribution in [2.45, 2.75) is 58.8 Å². The average molecular weight is 419 g/mol. The summed E-state index contributed by atoms with van der Waals surface area (Å²) in [4.78, 5) is 19.8. The van der Waals surface area contributed by atoms with Crippen molar-refractivity contribution in [2.75, 3.05) is 19.6 Å². The molecule has 1 aromatic carbocycles. The first-order valence-electron chi connectivity index (χ1n) is 11.4. The maximum absolute atomic E-state index is 13.2. The number of ketones is 1. The second-order valence-electron chi connectivity index (χ2n) is 9.08. The number of aryl methyl sites for hydroxylation is 4. The molecule has 0 amide bonds.